The van der Waals surface area contributed by atoms with E-state index in [1.54, 1.807) is 6.08 Å². The summed E-state index contributed by atoms with van der Waals surface area (Å²) in [5.74, 6) is -1.35. The highest BCUT2D eigenvalue weighted by molar-refractivity contribution is 6.08. The number of phenolic OH excluding ortho intramolecular Hbond substituents is 1. The molecule has 2 aliphatic heterocycles. The van der Waals surface area contributed by atoms with Crippen molar-refractivity contribution in [1.29, 1.82) is 0 Å². The highest BCUT2D eigenvalue weighted by atomic mass is 16.7. The van der Waals surface area contributed by atoms with Crippen LogP contribution in [0.3, 0.4) is 0 Å². The number of rotatable bonds is 2. The predicted octanol–water partition coefficient (Wildman–Crippen LogP) is 1.73. The van der Waals surface area contributed by atoms with E-state index in [9.17, 15) is 9.90 Å². The van der Waals surface area contributed by atoms with Gasteiger partial charge in [0.15, 0.2) is 5.78 Å². The van der Waals surface area contributed by atoms with Crippen LogP contribution in [0.1, 0.15) is 46.5 Å². The van der Waals surface area contributed by atoms with Crippen LogP contribution in [0.5, 0.6) is 5.75 Å². The summed E-state index contributed by atoms with van der Waals surface area (Å²) in [5.41, 5.74) is 2.33. The van der Waals surface area contributed by atoms with Crippen molar-refractivity contribution in [3.63, 3.8) is 0 Å². The molecule has 0 bridgehead atoms. The van der Waals surface area contributed by atoms with Gasteiger partial charge in [-0.25, -0.2) is 0 Å². The largest absolute Gasteiger partial charge is 0.507 e. The van der Waals surface area contributed by atoms with E-state index in [0.717, 1.165) is 5.56 Å². The Labute approximate surface area is 139 Å². The standard InChI is InChI=1S/C18H20O6/c1-10-15-11(8-12(24-10)3-5-19)9-13-14(20)2-4-18(16(13)17(15)21)22-6-7-23-18/h2,4,9-10,12,19,21H,3,5-8H2,1H3/t10-,12-/m0/s1. The third kappa shape index (κ3) is 2.22. The quantitative estimate of drug-likeness (QED) is 0.858. The molecule has 0 radical (unpaired) electrons. The van der Waals surface area contributed by atoms with Gasteiger partial charge in [-0.2, -0.15) is 0 Å². The number of phenols is 1. The molecule has 4 rings (SSSR count). The molecule has 128 valence electrons. The first-order valence-corrected chi connectivity index (χ1v) is 8.23. The number of hydrogen-bond donors (Lipinski definition) is 2. The van der Waals surface area contributed by atoms with Crippen LogP contribution < -0.4 is 0 Å². The maximum Gasteiger partial charge on any atom is 0.220 e. The van der Waals surface area contributed by atoms with E-state index in [4.69, 9.17) is 19.3 Å². The molecular weight excluding hydrogens is 312 g/mol. The van der Waals surface area contributed by atoms with Gasteiger partial charge in [0.05, 0.1) is 31.0 Å². The van der Waals surface area contributed by atoms with Crippen LogP contribution in [-0.2, 0) is 26.4 Å². The molecule has 1 aromatic rings. The summed E-state index contributed by atoms with van der Waals surface area (Å²) in [7, 11) is 0. The van der Waals surface area contributed by atoms with Gasteiger partial charge in [0.25, 0.3) is 0 Å². The molecule has 1 fully saturated rings. The van der Waals surface area contributed by atoms with Crippen molar-refractivity contribution in [2.75, 3.05) is 19.8 Å². The minimum atomic E-state index is -1.19. The van der Waals surface area contributed by atoms with Gasteiger partial charge in [-0.05, 0) is 43.5 Å². The Balaban J connectivity index is 1.88. The van der Waals surface area contributed by atoms with Crippen molar-refractivity contribution in [3.05, 3.63) is 40.5 Å². The fourth-order valence-electron chi connectivity index (χ4n) is 3.90. The third-order valence-corrected chi connectivity index (χ3v) is 4.91. The zero-order chi connectivity index (χ0) is 16.9. The van der Waals surface area contributed by atoms with E-state index in [-0.39, 0.29) is 30.3 Å². The average Bonchev–Trinajstić information content (AvgIpc) is 3.00. The summed E-state index contributed by atoms with van der Waals surface area (Å²) in [6.45, 7) is 2.70. The van der Waals surface area contributed by atoms with Crippen molar-refractivity contribution in [3.8, 4) is 5.75 Å². The van der Waals surface area contributed by atoms with Gasteiger partial charge in [-0.15, -0.1) is 0 Å². The molecule has 0 saturated carbocycles. The van der Waals surface area contributed by atoms with Crippen LogP contribution >= 0.6 is 0 Å². The molecule has 24 heavy (non-hydrogen) atoms. The van der Waals surface area contributed by atoms with E-state index >= 15 is 0 Å². The molecule has 2 atom stereocenters. The van der Waals surface area contributed by atoms with Crippen molar-refractivity contribution in [2.45, 2.75) is 37.8 Å². The average molecular weight is 332 g/mol. The Morgan fingerprint density at radius 2 is 2.08 bits per heavy atom. The van der Waals surface area contributed by atoms with Crippen molar-refractivity contribution >= 4 is 5.78 Å². The van der Waals surface area contributed by atoms with E-state index < -0.39 is 5.79 Å². The number of aromatic hydroxyl groups is 1. The second-order valence-corrected chi connectivity index (χ2v) is 6.40. The smallest absolute Gasteiger partial charge is 0.220 e. The first-order chi connectivity index (χ1) is 11.6. The summed E-state index contributed by atoms with van der Waals surface area (Å²) >= 11 is 0. The molecule has 0 unspecified atom stereocenters. The summed E-state index contributed by atoms with van der Waals surface area (Å²) in [6.07, 6.45) is 3.61. The molecule has 0 amide bonds. The molecule has 2 N–H and O–H groups in total. The van der Waals surface area contributed by atoms with Gasteiger partial charge in [0.1, 0.15) is 5.75 Å². The van der Waals surface area contributed by atoms with Crippen molar-refractivity contribution in [2.24, 2.45) is 0 Å². The number of aliphatic hydroxyl groups excluding tert-OH is 1. The number of carbonyl (C=O) groups excluding carboxylic acids is 1. The highest BCUT2D eigenvalue weighted by Crippen LogP contribution is 2.48. The molecule has 6 heteroatoms. The molecule has 1 aliphatic carbocycles. The molecule has 0 aromatic heterocycles. The van der Waals surface area contributed by atoms with Crippen LogP contribution in [0.15, 0.2) is 18.2 Å². The Hall–Kier alpha value is -1.73. The number of carbonyl (C=O) groups is 1. The molecule has 2 heterocycles. The Bertz CT molecular complexity index is 717. The fourth-order valence-corrected chi connectivity index (χ4v) is 3.90. The number of ketones is 1. The molecule has 1 aromatic carbocycles. The van der Waals surface area contributed by atoms with Gasteiger partial charge in [0, 0.05) is 17.7 Å². The second-order valence-electron chi connectivity index (χ2n) is 6.40. The Morgan fingerprint density at radius 1 is 1.33 bits per heavy atom. The van der Waals surface area contributed by atoms with Gasteiger partial charge >= 0.3 is 0 Å². The molecule has 3 aliphatic rings. The van der Waals surface area contributed by atoms with Crippen LogP contribution in [0.25, 0.3) is 0 Å². The van der Waals surface area contributed by atoms with E-state index in [1.807, 2.05) is 13.0 Å². The van der Waals surface area contributed by atoms with Crippen LogP contribution in [-0.4, -0.2) is 41.9 Å². The lowest BCUT2D eigenvalue weighted by Gasteiger charge is -2.35. The first kappa shape index (κ1) is 15.8. The highest BCUT2D eigenvalue weighted by Gasteiger charge is 2.46. The Kier molecular flexibility index (Phi) is 3.73. The van der Waals surface area contributed by atoms with E-state index in [2.05, 4.69) is 0 Å². The van der Waals surface area contributed by atoms with Crippen LogP contribution in [0.4, 0.5) is 0 Å². The predicted molar refractivity (Wildman–Crippen MR) is 83.9 cm³/mol. The fraction of sp³-hybridized carbons (Fsp3) is 0.500. The van der Waals surface area contributed by atoms with Gasteiger partial charge in [-0.1, -0.05) is 0 Å². The van der Waals surface area contributed by atoms with E-state index in [1.165, 1.54) is 6.08 Å². The number of benzene rings is 1. The molecule has 1 spiro atoms. The minimum absolute atomic E-state index is 0.0112. The topological polar surface area (TPSA) is 85.2 Å². The summed E-state index contributed by atoms with van der Waals surface area (Å²) in [6, 6.07) is 1.81. The van der Waals surface area contributed by atoms with Crippen molar-refractivity contribution < 1.29 is 29.2 Å². The zero-order valence-corrected chi connectivity index (χ0v) is 13.4. The number of ether oxygens (including phenoxy) is 3. The molecule has 1 saturated heterocycles. The van der Waals surface area contributed by atoms with Crippen LogP contribution in [0, 0.1) is 0 Å². The summed E-state index contributed by atoms with van der Waals surface area (Å²) in [4.78, 5) is 12.4. The number of hydrogen-bond acceptors (Lipinski definition) is 6. The first-order valence-electron chi connectivity index (χ1n) is 8.23. The van der Waals surface area contributed by atoms with E-state index in [0.29, 0.717) is 42.7 Å². The number of aliphatic hydroxyl groups is 1. The zero-order valence-electron chi connectivity index (χ0n) is 13.4. The minimum Gasteiger partial charge on any atom is -0.507 e. The third-order valence-electron chi connectivity index (χ3n) is 4.91. The summed E-state index contributed by atoms with van der Waals surface area (Å²) < 4.78 is 17.4. The maximum atomic E-state index is 12.4. The van der Waals surface area contributed by atoms with Gasteiger partial charge in [0.2, 0.25) is 5.79 Å². The SMILES string of the molecule is C[C@@H]1O[C@@H](CCO)Cc2cc3c(c(O)c21)C1(C=CC3=O)OCCO1. The maximum absolute atomic E-state index is 12.4. The lowest BCUT2D eigenvalue weighted by Crippen LogP contribution is -2.33. The molecular formula is C18H20O6. The summed E-state index contributed by atoms with van der Waals surface area (Å²) in [5, 5.41) is 20.1. The van der Waals surface area contributed by atoms with Gasteiger partial charge in [-0.3, -0.25) is 4.79 Å². The second kappa shape index (κ2) is 5.67. The lowest BCUT2D eigenvalue weighted by molar-refractivity contribution is -0.125. The number of fused-ring (bicyclic) bond motifs is 3. The molecule has 6 nitrogen and oxygen atoms in total. The van der Waals surface area contributed by atoms with Crippen LogP contribution in [0.2, 0.25) is 0 Å². The normalized spacial score (nSPS) is 27.3. The monoisotopic (exact) mass is 332 g/mol. The number of allylic oxidation sites excluding steroid dienone is 1. The van der Waals surface area contributed by atoms with Crippen molar-refractivity contribution in [1.82, 2.24) is 0 Å². The van der Waals surface area contributed by atoms with Gasteiger partial charge < -0.3 is 24.4 Å². The Morgan fingerprint density at radius 3 is 2.79 bits per heavy atom. The lowest BCUT2D eigenvalue weighted by atomic mass is 9.82.